The molecule has 17 heavy (non-hydrogen) atoms. The zero-order valence-electron chi connectivity index (χ0n) is 9.57. The van der Waals surface area contributed by atoms with Crippen molar-refractivity contribution in [2.45, 2.75) is 24.6 Å². The van der Waals surface area contributed by atoms with E-state index >= 15 is 0 Å². The van der Waals surface area contributed by atoms with E-state index in [1.807, 2.05) is 12.1 Å². The molecule has 0 radical (unpaired) electrons. The highest BCUT2D eigenvalue weighted by molar-refractivity contribution is 6.22. The summed E-state index contributed by atoms with van der Waals surface area (Å²) >= 11 is 6.51. The normalized spacial score (nSPS) is 15.6. The Labute approximate surface area is 106 Å². The Morgan fingerprint density at radius 1 is 0.941 bits per heavy atom. The number of halogens is 1. The average molecular weight is 244 g/mol. The lowest BCUT2D eigenvalue weighted by molar-refractivity contribution is 0.911. The van der Waals surface area contributed by atoms with Crippen molar-refractivity contribution in [3.05, 3.63) is 65.0 Å². The van der Waals surface area contributed by atoms with E-state index in [1.165, 1.54) is 36.0 Å². The molecule has 0 spiro atoms. The first kappa shape index (κ1) is 10.8. The largest absolute Gasteiger partial charge is 0.265 e. The zero-order valence-corrected chi connectivity index (χ0v) is 10.3. The Bertz CT molecular complexity index is 522. The van der Waals surface area contributed by atoms with Gasteiger partial charge in [-0.1, -0.05) is 18.2 Å². The lowest BCUT2D eigenvalue weighted by Gasteiger charge is -2.11. The van der Waals surface area contributed by atoms with Gasteiger partial charge in [0, 0.05) is 12.4 Å². The molecule has 1 aromatic carbocycles. The number of alkyl halides is 1. The molecule has 86 valence electrons. The minimum Gasteiger partial charge on any atom is -0.265 e. The van der Waals surface area contributed by atoms with Crippen LogP contribution in [0, 0.1) is 0 Å². The van der Waals surface area contributed by atoms with Crippen molar-refractivity contribution >= 4 is 11.6 Å². The van der Waals surface area contributed by atoms with Crippen molar-refractivity contribution in [3.63, 3.8) is 0 Å². The molecule has 1 unspecified atom stereocenters. The number of nitrogens with zero attached hydrogens (tertiary/aromatic N) is 1. The molecule has 3 rings (SSSR count). The summed E-state index contributed by atoms with van der Waals surface area (Å²) in [6, 6.07) is 10.6. The molecule has 1 atom stereocenters. The van der Waals surface area contributed by atoms with E-state index < -0.39 is 0 Å². The molecule has 0 bridgehead atoms. The summed E-state index contributed by atoms with van der Waals surface area (Å²) < 4.78 is 0. The van der Waals surface area contributed by atoms with Crippen molar-refractivity contribution in [3.8, 4) is 0 Å². The number of rotatable bonds is 2. The van der Waals surface area contributed by atoms with Gasteiger partial charge in [-0.25, -0.2) is 0 Å². The maximum absolute atomic E-state index is 6.51. The SMILES string of the molecule is ClC(c1ccncc1)c1ccc2c(c1)CCC2. The standard InChI is InChI=1S/C15H14ClN/c16-15(12-6-8-17-9-7-12)14-5-4-11-2-1-3-13(11)10-14/h4-10,15H,1-3H2. The fourth-order valence-electron chi connectivity index (χ4n) is 2.47. The minimum absolute atomic E-state index is 0.0658. The summed E-state index contributed by atoms with van der Waals surface area (Å²) in [6.07, 6.45) is 7.28. The Hall–Kier alpha value is -1.34. The van der Waals surface area contributed by atoms with E-state index in [0.717, 1.165) is 5.56 Å². The summed E-state index contributed by atoms with van der Waals surface area (Å²) in [6.45, 7) is 0. The van der Waals surface area contributed by atoms with Crippen LogP contribution in [0.2, 0.25) is 0 Å². The molecule has 0 fully saturated rings. The molecule has 2 aromatic rings. The average Bonchev–Trinajstić information content (AvgIpc) is 2.86. The number of hydrogen-bond donors (Lipinski definition) is 0. The van der Waals surface area contributed by atoms with Gasteiger partial charge in [-0.15, -0.1) is 11.6 Å². The minimum atomic E-state index is -0.0658. The number of hydrogen-bond acceptors (Lipinski definition) is 1. The van der Waals surface area contributed by atoms with Gasteiger partial charge < -0.3 is 0 Å². The number of aromatic nitrogens is 1. The fraction of sp³-hybridized carbons (Fsp3) is 0.267. The van der Waals surface area contributed by atoms with Crippen molar-refractivity contribution in [1.82, 2.24) is 4.98 Å². The first-order chi connectivity index (χ1) is 8.34. The molecule has 2 heteroatoms. The molecule has 0 amide bonds. The Morgan fingerprint density at radius 2 is 1.71 bits per heavy atom. The van der Waals surface area contributed by atoms with Gasteiger partial charge in [0.05, 0.1) is 5.38 Å². The van der Waals surface area contributed by atoms with Crippen LogP contribution < -0.4 is 0 Å². The van der Waals surface area contributed by atoms with Crippen LogP contribution in [0.15, 0.2) is 42.7 Å². The molecule has 1 aromatic heterocycles. The molecule has 1 aliphatic carbocycles. The Balaban J connectivity index is 1.94. The van der Waals surface area contributed by atoms with Gasteiger partial charge in [0.15, 0.2) is 0 Å². The maximum atomic E-state index is 6.51. The van der Waals surface area contributed by atoms with Gasteiger partial charge in [-0.3, -0.25) is 4.98 Å². The number of benzene rings is 1. The Morgan fingerprint density at radius 3 is 2.53 bits per heavy atom. The third-order valence-corrected chi connectivity index (χ3v) is 3.92. The van der Waals surface area contributed by atoms with Crippen molar-refractivity contribution < 1.29 is 0 Å². The third-order valence-electron chi connectivity index (χ3n) is 3.41. The van der Waals surface area contributed by atoms with Crippen LogP contribution in [0.4, 0.5) is 0 Å². The highest BCUT2D eigenvalue weighted by Gasteiger charge is 2.15. The fourth-order valence-corrected chi connectivity index (χ4v) is 2.76. The van der Waals surface area contributed by atoms with Crippen molar-refractivity contribution in [2.75, 3.05) is 0 Å². The number of pyridine rings is 1. The van der Waals surface area contributed by atoms with Gasteiger partial charge >= 0.3 is 0 Å². The molecule has 0 aliphatic heterocycles. The summed E-state index contributed by atoms with van der Waals surface area (Å²) in [4.78, 5) is 4.02. The van der Waals surface area contributed by atoms with E-state index in [0.29, 0.717) is 0 Å². The molecular weight excluding hydrogens is 230 g/mol. The summed E-state index contributed by atoms with van der Waals surface area (Å²) in [7, 11) is 0. The van der Waals surface area contributed by atoms with Crippen LogP contribution in [0.25, 0.3) is 0 Å². The molecule has 1 heterocycles. The van der Waals surface area contributed by atoms with E-state index in [4.69, 9.17) is 11.6 Å². The van der Waals surface area contributed by atoms with E-state index in [9.17, 15) is 0 Å². The van der Waals surface area contributed by atoms with Crippen LogP contribution in [-0.2, 0) is 12.8 Å². The summed E-state index contributed by atoms with van der Waals surface area (Å²) in [5, 5.41) is -0.0658. The Kier molecular flexibility index (Phi) is 2.86. The second kappa shape index (κ2) is 4.50. The lowest BCUT2D eigenvalue weighted by atomic mass is 10.0. The molecule has 0 N–H and O–H groups in total. The van der Waals surface area contributed by atoms with Crippen LogP contribution in [0.5, 0.6) is 0 Å². The van der Waals surface area contributed by atoms with Crippen LogP contribution >= 0.6 is 11.6 Å². The quantitative estimate of drug-likeness (QED) is 0.729. The van der Waals surface area contributed by atoms with Crippen molar-refractivity contribution in [1.29, 1.82) is 0 Å². The van der Waals surface area contributed by atoms with Gasteiger partial charge in [0.25, 0.3) is 0 Å². The maximum Gasteiger partial charge on any atom is 0.0836 e. The smallest absolute Gasteiger partial charge is 0.0836 e. The van der Waals surface area contributed by atoms with Crippen molar-refractivity contribution in [2.24, 2.45) is 0 Å². The molecule has 1 aliphatic rings. The third kappa shape index (κ3) is 2.07. The highest BCUT2D eigenvalue weighted by Crippen LogP contribution is 2.32. The molecule has 1 nitrogen and oxygen atoms in total. The topological polar surface area (TPSA) is 12.9 Å². The number of fused-ring (bicyclic) bond motifs is 1. The van der Waals surface area contributed by atoms with Crippen LogP contribution in [-0.4, -0.2) is 4.98 Å². The van der Waals surface area contributed by atoms with Crippen LogP contribution in [0.3, 0.4) is 0 Å². The lowest BCUT2D eigenvalue weighted by Crippen LogP contribution is -1.95. The molecule has 0 saturated heterocycles. The number of aryl methyl sites for hydroxylation is 2. The monoisotopic (exact) mass is 243 g/mol. The molecule has 0 saturated carbocycles. The first-order valence-electron chi connectivity index (χ1n) is 6.00. The first-order valence-corrected chi connectivity index (χ1v) is 6.44. The van der Waals surface area contributed by atoms with Gasteiger partial charge in [0.1, 0.15) is 0 Å². The van der Waals surface area contributed by atoms with E-state index in [-0.39, 0.29) is 5.38 Å². The predicted octanol–water partition coefficient (Wildman–Crippen LogP) is 3.90. The van der Waals surface area contributed by atoms with E-state index in [1.54, 1.807) is 12.4 Å². The second-order valence-corrected chi connectivity index (χ2v) is 4.96. The predicted molar refractivity (Wildman–Crippen MR) is 70.4 cm³/mol. The van der Waals surface area contributed by atoms with Crippen LogP contribution in [0.1, 0.15) is 34.1 Å². The van der Waals surface area contributed by atoms with Gasteiger partial charge in [-0.2, -0.15) is 0 Å². The van der Waals surface area contributed by atoms with Gasteiger partial charge in [0.2, 0.25) is 0 Å². The van der Waals surface area contributed by atoms with Gasteiger partial charge in [-0.05, 0) is 53.6 Å². The summed E-state index contributed by atoms with van der Waals surface area (Å²) in [5.41, 5.74) is 5.27. The second-order valence-electron chi connectivity index (χ2n) is 4.52. The van der Waals surface area contributed by atoms with E-state index in [2.05, 4.69) is 23.2 Å². The highest BCUT2D eigenvalue weighted by atomic mass is 35.5. The zero-order chi connectivity index (χ0) is 11.7. The summed E-state index contributed by atoms with van der Waals surface area (Å²) in [5.74, 6) is 0. The molecular formula is C15H14ClN.